The van der Waals surface area contributed by atoms with Crippen molar-refractivity contribution in [2.75, 3.05) is 13.2 Å². The third kappa shape index (κ3) is 10.8. The molecule has 30 heavy (non-hydrogen) atoms. The van der Waals surface area contributed by atoms with Gasteiger partial charge in [0, 0.05) is 13.2 Å². The maximum atomic E-state index is 11.7. The number of esters is 2. The Balaban J connectivity index is 0.000000300. The minimum Gasteiger partial charge on any atom is -0.460 e. The maximum Gasteiger partial charge on any atom is 0.309 e. The zero-order valence-corrected chi connectivity index (χ0v) is 19.9. The van der Waals surface area contributed by atoms with E-state index in [1.54, 1.807) is 0 Å². The number of ether oxygens (including phenoxy) is 2. The van der Waals surface area contributed by atoms with Crippen molar-refractivity contribution in [1.82, 2.24) is 0 Å². The first kappa shape index (κ1) is 26.9. The number of carbonyl (C=O) groups excluding carboxylic acids is 2. The molecule has 0 aromatic heterocycles. The molecule has 2 aliphatic carbocycles. The Morgan fingerprint density at radius 1 is 0.633 bits per heavy atom. The predicted octanol–water partition coefficient (Wildman–Crippen LogP) is 4.25. The summed E-state index contributed by atoms with van der Waals surface area (Å²) in [5.74, 6) is 0.740. The Morgan fingerprint density at radius 2 is 0.900 bits per heavy atom. The molecule has 2 aliphatic rings. The van der Waals surface area contributed by atoms with Crippen molar-refractivity contribution in [2.45, 2.75) is 104 Å². The summed E-state index contributed by atoms with van der Waals surface area (Å²) < 4.78 is 10.7. The molecule has 0 aliphatic heterocycles. The fraction of sp³-hybridized carbons (Fsp3) is 0.917. The molecule has 0 aromatic carbocycles. The fourth-order valence-electron chi connectivity index (χ4n) is 3.93. The van der Waals surface area contributed by atoms with Crippen LogP contribution in [0.4, 0.5) is 0 Å². The molecule has 0 bridgehead atoms. The van der Waals surface area contributed by atoms with E-state index in [0.29, 0.717) is 11.8 Å². The summed E-state index contributed by atoms with van der Waals surface area (Å²) in [4.78, 5) is 23.4. The highest BCUT2D eigenvalue weighted by molar-refractivity contribution is 5.73. The van der Waals surface area contributed by atoms with Crippen LogP contribution in [0.3, 0.4) is 0 Å². The van der Waals surface area contributed by atoms with Gasteiger partial charge < -0.3 is 19.7 Å². The molecule has 0 spiro atoms. The lowest BCUT2D eigenvalue weighted by atomic mass is 9.82. The molecule has 2 rings (SSSR count). The average molecular weight is 429 g/mol. The van der Waals surface area contributed by atoms with Crippen molar-refractivity contribution in [1.29, 1.82) is 0 Å². The van der Waals surface area contributed by atoms with Crippen LogP contribution in [0.2, 0.25) is 0 Å². The first-order valence-electron chi connectivity index (χ1n) is 11.5. The van der Waals surface area contributed by atoms with E-state index in [1.165, 1.54) is 0 Å². The topological polar surface area (TPSA) is 93.1 Å². The summed E-state index contributed by atoms with van der Waals surface area (Å²) in [6, 6.07) is 0. The first-order valence-corrected chi connectivity index (χ1v) is 11.5. The molecular weight excluding hydrogens is 384 g/mol. The van der Waals surface area contributed by atoms with Crippen LogP contribution < -0.4 is 0 Å². The van der Waals surface area contributed by atoms with E-state index >= 15 is 0 Å². The van der Waals surface area contributed by atoms with E-state index in [4.69, 9.17) is 19.7 Å². The predicted molar refractivity (Wildman–Crippen MR) is 117 cm³/mol. The normalized spacial score (nSPS) is 27.5. The van der Waals surface area contributed by atoms with E-state index in [0.717, 1.165) is 51.4 Å². The van der Waals surface area contributed by atoms with Gasteiger partial charge in [-0.05, 0) is 105 Å². The number of hydrogen-bond donors (Lipinski definition) is 2. The van der Waals surface area contributed by atoms with Crippen LogP contribution in [0.15, 0.2) is 0 Å². The van der Waals surface area contributed by atoms with Crippen LogP contribution in [-0.4, -0.2) is 46.6 Å². The van der Waals surface area contributed by atoms with Gasteiger partial charge in [0.15, 0.2) is 0 Å². The third-order valence-corrected chi connectivity index (χ3v) is 5.69. The smallest absolute Gasteiger partial charge is 0.309 e. The van der Waals surface area contributed by atoms with Crippen molar-refractivity contribution >= 4 is 11.9 Å². The molecule has 0 atom stereocenters. The summed E-state index contributed by atoms with van der Waals surface area (Å²) >= 11 is 0. The lowest BCUT2D eigenvalue weighted by Gasteiger charge is -2.28. The van der Waals surface area contributed by atoms with Gasteiger partial charge in [0.2, 0.25) is 0 Å². The second kappa shape index (κ2) is 12.0. The summed E-state index contributed by atoms with van der Waals surface area (Å²) in [5, 5.41) is 18.0. The Bertz CT molecular complexity index is 467. The number of carbonyl (C=O) groups is 2. The monoisotopic (exact) mass is 428 g/mol. The SMILES string of the molecule is CC(C)(C)OC(=O)C1CCC(CO)CC1.CC(C)(C)OC(=O)C1CCC(CO)CC1. The van der Waals surface area contributed by atoms with Gasteiger partial charge in [-0.25, -0.2) is 0 Å². The fourth-order valence-corrected chi connectivity index (χ4v) is 3.93. The molecule has 0 amide bonds. The summed E-state index contributed by atoms with van der Waals surface area (Å²) in [7, 11) is 0. The van der Waals surface area contributed by atoms with E-state index in [-0.39, 0.29) is 48.2 Å². The Kier molecular flexibility index (Phi) is 10.8. The minimum atomic E-state index is -0.384. The lowest BCUT2D eigenvalue weighted by molar-refractivity contribution is -0.162. The van der Waals surface area contributed by atoms with Gasteiger partial charge >= 0.3 is 11.9 Å². The number of aliphatic hydroxyl groups is 2. The molecule has 0 heterocycles. The standard InChI is InChI=1S/2C12H22O3/c2*1-12(2,3)15-11(14)10-6-4-9(8-13)5-7-10/h2*9-10,13H,4-8H2,1-3H3. The Morgan fingerprint density at radius 3 is 1.10 bits per heavy atom. The number of aliphatic hydroxyl groups excluding tert-OH is 2. The van der Waals surface area contributed by atoms with Gasteiger partial charge in [-0.2, -0.15) is 0 Å². The largest absolute Gasteiger partial charge is 0.460 e. The molecule has 0 aromatic rings. The quantitative estimate of drug-likeness (QED) is 0.650. The van der Waals surface area contributed by atoms with Gasteiger partial charge in [-0.15, -0.1) is 0 Å². The van der Waals surface area contributed by atoms with Crippen LogP contribution in [0.1, 0.15) is 92.9 Å². The van der Waals surface area contributed by atoms with Crippen molar-refractivity contribution in [2.24, 2.45) is 23.7 Å². The second-order valence-corrected chi connectivity index (χ2v) is 10.9. The van der Waals surface area contributed by atoms with Gasteiger partial charge in [-0.1, -0.05) is 0 Å². The van der Waals surface area contributed by atoms with Crippen LogP contribution >= 0.6 is 0 Å². The second-order valence-electron chi connectivity index (χ2n) is 10.9. The van der Waals surface area contributed by atoms with Gasteiger partial charge in [0.05, 0.1) is 11.8 Å². The first-order chi connectivity index (χ1) is 13.8. The summed E-state index contributed by atoms with van der Waals surface area (Å²) in [5.41, 5.74) is -0.768. The van der Waals surface area contributed by atoms with Crippen molar-refractivity contribution in [3.63, 3.8) is 0 Å². The zero-order valence-electron chi connectivity index (χ0n) is 19.9. The molecule has 2 N–H and O–H groups in total. The van der Waals surface area contributed by atoms with E-state index in [2.05, 4.69) is 0 Å². The van der Waals surface area contributed by atoms with Crippen LogP contribution in [-0.2, 0) is 19.1 Å². The van der Waals surface area contributed by atoms with Crippen molar-refractivity contribution < 1.29 is 29.3 Å². The van der Waals surface area contributed by atoms with Gasteiger partial charge in [0.1, 0.15) is 11.2 Å². The molecule has 0 saturated heterocycles. The maximum absolute atomic E-state index is 11.7. The van der Waals surface area contributed by atoms with Crippen LogP contribution in [0.25, 0.3) is 0 Å². The van der Waals surface area contributed by atoms with E-state index in [9.17, 15) is 9.59 Å². The van der Waals surface area contributed by atoms with Crippen molar-refractivity contribution in [3.8, 4) is 0 Å². The summed E-state index contributed by atoms with van der Waals surface area (Å²) in [6.45, 7) is 11.9. The highest BCUT2D eigenvalue weighted by atomic mass is 16.6. The molecule has 6 heteroatoms. The minimum absolute atomic E-state index is 0.0482. The zero-order chi connectivity index (χ0) is 22.9. The highest BCUT2D eigenvalue weighted by Gasteiger charge is 2.30. The van der Waals surface area contributed by atoms with Crippen molar-refractivity contribution in [3.05, 3.63) is 0 Å². The number of hydrogen-bond acceptors (Lipinski definition) is 6. The van der Waals surface area contributed by atoms with Gasteiger partial charge in [0.25, 0.3) is 0 Å². The Hall–Kier alpha value is -1.14. The molecule has 2 saturated carbocycles. The third-order valence-electron chi connectivity index (χ3n) is 5.69. The molecule has 0 radical (unpaired) electrons. The number of rotatable bonds is 4. The molecule has 2 fully saturated rings. The Labute approximate surface area is 182 Å². The van der Waals surface area contributed by atoms with E-state index in [1.807, 2.05) is 41.5 Å². The molecule has 0 unspecified atom stereocenters. The van der Waals surface area contributed by atoms with Gasteiger partial charge in [-0.3, -0.25) is 9.59 Å². The van der Waals surface area contributed by atoms with Crippen LogP contribution in [0.5, 0.6) is 0 Å². The molecule has 176 valence electrons. The molecular formula is C24H44O6. The average Bonchev–Trinajstić information content (AvgIpc) is 2.66. The van der Waals surface area contributed by atoms with Crippen LogP contribution in [0, 0.1) is 23.7 Å². The lowest BCUT2D eigenvalue weighted by Crippen LogP contribution is -2.31. The summed E-state index contributed by atoms with van der Waals surface area (Å²) in [6.07, 6.45) is 7.22. The molecule has 6 nitrogen and oxygen atoms in total. The van der Waals surface area contributed by atoms with E-state index < -0.39 is 0 Å². The highest BCUT2D eigenvalue weighted by Crippen LogP contribution is 2.31.